The Bertz CT molecular complexity index is 295. The monoisotopic (exact) mass is 270 g/mol. The van der Waals surface area contributed by atoms with Gasteiger partial charge in [-0.2, -0.15) is 11.8 Å². The Morgan fingerprint density at radius 2 is 1.89 bits per heavy atom. The van der Waals surface area contributed by atoms with Crippen molar-refractivity contribution in [2.24, 2.45) is 11.3 Å². The molecule has 0 aromatic rings. The lowest BCUT2D eigenvalue weighted by atomic mass is 9.67. The molecule has 2 nitrogen and oxygen atoms in total. The SMILES string of the molecule is CC1(C2CCOC3(CCSCC3)C2)CCC(O)C1. The predicted octanol–water partition coefficient (Wildman–Crippen LogP) is 3.23. The van der Waals surface area contributed by atoms with Crippen molar-refractivity contribution in [2.75, 3.05) is 18.1 Å². The summed E-state index contributed by atoms with van der Waals surface area (Å²) in [5.41, 5.74) is 0.575. The molecular formula is C15H26O2S. The van der Waals surface area contributed by atoms with Crippen LogP contribution in [0.1, 0.15) is 51.9 Å². The largest absolute Gasteiger partial charge is 0.393 e. The van der Waals surface area contributed by atoms with Gasteiger partial charge in [-0.25, -0.2) is 0 Å². The van der Waals surface area contributed by atoms with Crippen molar-refractivity contribution in [1.82, 2.24) is 0 Å². The van der Waals surface area contributed by atoms with E-state index in [1.54, 1.807) is 0 Å². The van der Waals surface area contributed by atoms with E-state index in [0.717, 1.165) is 25.4 Å². The van der Waals surface area contributed by atoms with E-state index in [9.17, 15) is 5.11 Å². The molecule has 0 aromatic carbocycles. The molecule has 3 heteroatoms. The summed E-state index contributed by atoms with van der Waals surface area (Å²) in [5.74, 6) is 3.31. The number of hydrogen-bond acceptors (Lipinski definition) is 3. The first kappa shape index (κ1) is 13.3. The zero-order valence-corrected chi connectivity index (χ0v) is 12.3. The van der Waals surface area contributed by atoms with Gasteiger partial charge in [0.25, 0.3) is 0 Å². The van der Waals surface area contributed by atoms with E-state index in [0.29, 0.717) is 5.41 Å². The summed E-state index contributed by atoms with van der Waals surface area (Å²) in [4.78, 5) is 0. The maximum atomic E-state index is 9.86. The molecule has 1 N–H and O–H groups in total. The molecule has 0 radical (unpaired) electrons. The average Bonchev–Trinajstić information content (AvgIpc) is 2.72. The number of ether oxygens (including phenoxy) is 1. The first-order chi connectivity index (χ1) is 8.62. The number of thioether (sulfide) groups is 1. The molecule has 18 heavy (non-hydrogen) atoms. The second kappa shape index (κ2) is 4.99. The minimum absolute atomic E-state index is 0.0456. The highest BCUT2D eigenvalue weighted by atomic mass is 32.2. The molecule has 2 saturated heterocycles. The maximum absolute atomic E-state index is 9.86. The Morgan fingerprint density at radius 3 is 2.56 bits per heavy atom. The van der Waals surface area contributed by atoms with Crippen LogP contribution in [0.4, 0.5) is 0 Å². The van der Waals surface area contributed by atoms with Crippen molar-refractivity contribution in [1.29, 1.82) is 0 Å². The predicted molar refractivity (Wildman–Crippen MR) is 75.9 cm³/mol. The van der Waals surface area contributed by atoms with Gasteiger partial charge in [-0.3, -0.25) is 0 Å². The highest BCUT2D eigenvalue weighted by Crippen LogP contribution is 2.52. The fourth-order valence-electron chi connectivity index (χ4n) is 4.32. The Kier molecular flexibility index (Phi) is 3.68. The summed E-state index contributed by atoms with van der Waals surface area (Å²) in [6.07, 6.45) is 8.13. The quantitative estimate of drug-likeness (QED) is 0.793. The highest BCUT2D eigenvalue weighted by molar-refractivity contribution is 7.99. The van der Waals surface area contributed by atoms with Crippen molar-refractivity contribution in [2.45, 2.75) is 63.6 Å². The van der Waals surface area contributed by atoms with E-state index in [4.69, 9.17) is 4.74 Å². The lowest BCUT2D eigenvalue weighted by Gasteiger charge is -2.48. The van der Waals surface area contributed by atoms with Gasteiger partial charge >= 0.3 is 0 Å². The zero-order chi connectivity index (χ0) is 12.6. The number of aliphatic hydroxyl groups excluding tert-OH is 1. The topological polar surface area (TPSA) is 29.5 Å². The minimum Gasteiger partial charge on any atom is -0.393 e. The van der Waals surface area contributed by atoms with Crippen LogP contribution in [0.25, 0.3) is 0 Å². The van der Waals surface area contributed by atoms with E-state index in [1.807, 2.05) is 0 Å². The van der Waals surface area contributed by atoms with E-state index >= 15 is 0 Å². The molecule has 1 saturated carbocycles. The molecule has 2 aliphatic heterocycles. The summed E-state index contributed by atoms with van der Waals surface area (Å²) >= 11 is 2.08. The molecule has 0 amide bonds. The van der Waals surface area contributed by atoms with Crippen LogP contribution >= 0.6 is 11.8 Å². The van der Waals surface area contributed by atoms with Gasteiger partial charge < -0.3 is 9.84 Å². The average molecular weight is 270 g/mol. The standard InChI is InChI=1S/C15H26O2S/c1-14(4-2-13(16)11-14)12-3-7-17-15(10-12)5-8-18-9-6-15/h12-13,16H,2-11H2,1H3. The number of aliphatic hydroxyl groups is 1. The summed E-state index contributed by atoms with van der Waals surface area (Å²) < 4.78 is 6.19. The highest BCUT2D eigenvalue weighted by Gasteiger charge is 2.47. The van der Waals surface area contributed by atoms with Crippen LogP contribution in [0.15, 0.2) is 0 Å². The smallest absolute Gasteiger partial charge is 0.0701 e. The minimum atomic E-state index is -0.0456. The Labute approximate surface area is 115 Å². The van der Waals surface area contributed by atoms with Crippen LogP contribution < -0.4 is 0 Å². The van der Waals surface area contributed by atoms with Crippen molar-refractivity contribution in [3.63, 3.8) is 0 Å². The van der Waals surface area contributed by atoms with Crippen LogP contribution in [0.2, 0.25) is 0 Å². The summed E-state index contributed by atoms with van der Waals surface area (Å²) in [6.45, 7) is 3.35. The van der Waals surface area contributed by atoms with Crippen molar-refractivity contribution in [3.05, 3.63) is 0 Å². The molecule has 2 heterocycles. The summed E-state index contributed by atoms with van der Waals surface area (Å²) in [6, 6.07) is 0. The van der Waals surface area contributed by atoms with Crippen LogP contribution in [0.5, 0.6) is 0 Å². The second-order valence-corrected chi connectivity index (χ2v) is 8.11. The Morgan fingerprint density at radius 1 is 1.11 bits per heavy atom. The van der Waals surface area contributed by atoms with Crippen LogP contribution in [-0.4, -0.2) is 34.9 Å². The van der Waals surface area contributed by atoms with E-state index in [2.05, 4.69) is 18.7 Å². The van der Waals surface area contributed by atoms with Gasteiger partial charge in [0, 0.05) is 6.61 Å². The van der Waals surface area contributed by atoms with E-state index < -0.39 is 0 Å². The molecule has 0 bridgehead atoms. The normalized spacial score (nSPS) is 44.3. The van der Waals surface area contributed by atoms with Gasteiger partial charge in [-0.1, -0.05) is 6.92 Å². The lowest BCUT2D eigenvalue weighted by molar-refractivity contribution is -0.122. The second-order valence-electron chi connectivity index (χ2n) is 6.88. The maximum Gasteiger partial charge on any atom is 0.0701 e. The fraction of sp³-hybridized carbons (Fsp3) is 1.00. The number of hydrogen-bond donors (Lipinski definition) is 1. The molecule has 3 aliphatic rings. The van der Waals surface area contributed by atoms with Crippen LogP contribution in [0.3, 0.4) is 0 Å². The van der Waals surface area contributed by atoms with Gasteiger partial charge in [0.1, 0.15) is 0 Å². The van der Waals surface area contributed by atoms with Gasteiger partial charge in [0.2, 0.25) is 0 Å². The lowest BCUT2D eigenvalue weighted by Crippen LogP contribution is -2.46. The van der Waals surface area contributed by atoms with Gasteiger partial charge in [-0.05, 0) is 67.8 Å². The molecule has 3 fully saturated rings. The van der Waals surface area contributed by atoms with Crippen LogP contribution in [0, 0.1) is 11.3 Å². The first-order valence-corrected chi connectivity index (χ1v) is 8.67. The molecule has 3 unspecified atom stereocenters. The van der Waals surface area contributed by atoms with Crippen molar-refractivity contribution in [3.8, 4) is 0 Å². The third-order valence-corrected chi connectivity index (χ3v) is 6.62. The molecule has 0 aromatic heterocycles. The first-order valence-electron chi connectivity index (χ1n) is 7.52. The van der Waals surface area contributed by atoms with E-state index in [-0.39, 0.29) is 11.7 Å². The van der Waals surface area contributed by atoms with E-state index in [1.165, 1.54) is 43.6 Å². The van der Waals surface area contributed by atoms with Gasteiger partial charge in [0.05, 0.1) is 11.7 Å². The Hall–Kier alpha value is 0.270. The summed E-state index contributed by atoms with van der Waals surface area (Å²) in [7, 11) is 0. The molecule has 104 valence electrons. The summed E-state index contributed by atoms with van der Waals surface area (Å²) in [5, 5.41) is 9.86. The van der Waals surface area contributed by atoms with Crippen LogP contribution in [-0.2, 0) is 4.74 Å². The Balaban J connectivity index is 1.70. The van der Waals surface area contributed by atoms with Crippen molar-refractivity contribution < 1.29 is 9.84 Å². The zero-order valence-electron chi connectivity index (χ0n) is 11.5. The van der Waals surface area contributed by atoms with Crippen molar-refractivity contribution >= 4 is 11.8 Å². The molecule has 1 aliphatic carbocycles. The van der Waals surface area contributed by atoms with Gasteiger partial charge in [-0.15, -0.1) is 0 Å². The molecule has 3 atom stereocenters. The molecule has 3 rings (SSSR count). The molecule has 1 spiro atoms. The number of rotatable bonds is 1. The van der Waals surface area contributed by atoms with Gasteiger partial charge in [0.15, 0.2) is 0 Å². The fourth-order valence-corrected chi connectivity index (χ4v) is 5.56. The third kappa shape index (κ3) is 2.46. The third-order valence-electron chi connectivity index (χ3n) is 5.63. The molecular weight excluding hydrogens is 244 g/mol.